The fraction of sp³-hybridized carbons (Fsp3) is 0.742. The van der Waals surface area contributed by atoms with Crippen LogP contribution >= 0.6 is 0 Å². The number of hydrogen-bond acceptors (Lipinski definition) is 7. The summed E-state index contributed by atoms with van der Waals surface area (Å²) in [6.07, 6.45) is 8.77. The Morgan fingerprint density at radius 3 is 2.62 bits per heavy atom. The summed E-state index contributed by atoms with van der Waals surface area (Å²) in [4.78, 5) is 15.8. The molecule has 228 valence electrons. The molecule has 9 heteroatoms. The fourth-order valence-corrected chi connectivity index (χ4v) is 5.37. The second-order valence-corrected chi connectivity index (χ2v) is 11.3. The second kappa shape index (κ2) is 18.8. The smallest absolute Gasteiger partial charge is 0.302 e. The van der Waals surface area contributed by atoms with Gasteiger partial charge in [-0.1, -0.05) is 45.6 Å². The van der Waals surface area contributed by atoms with Crippen LogP contribution in [-0.4, -0.2) is 67.1 Å². The van der Waals surface area contributed by atoms with Gasteiger partial charge in [0, 0.05) is 26.9 Å². The number of nitrogens with zero attached hydrogens (tertiary/aromatic N) is 1. The Hall–Kier alpha value is -2.52. The highest BCUT2D eigenvalue weighted by Crippen LogP contribution is 2.30. The van der Waals surface area contributed by atoms with Gasteiger partial charge >= 0.3 is 5.97 Å². The number of phenols is 1. The van der Waals surface area contributed by atoms with Crippen LogP contribution in [0.2, 0.25) is 0 Å². The van der Waals surface area contributed by atoms with E-state index in [4.69, 9.17) is 15.2 Å². The maximum absolute atomic E-state index is 11.8. The molecule has 1 aromatic rings. The number of ether oxygens (including phenoxy) is 2. The van der Waals surface area contributed by atoms with E-state index in [0.717, 1.165) is 50.9 Å². The number of aromatic hydroxyl groups is 1. The van der Waals surface area contributed by atoms with E-state index in [1.165, 1.54) is 26.2 Å². The normalized spacial score (nSPS) is 17.6. The highest BCUT2D eigenvalue weighted by molar-refractivity contribution is 5.77. The van der Waals surface area contributed by atoms with Gasteiger partial charge in [-0.05, 0) is 81.1 Å². The number of aliphatic imine (C=N–C) groups is 1. The van der Waals surface area contributed by atoms with Crippen LogP contribution in [0.3, 0.4) is 0 Å². The number of guanidine groups is 1. The van der Waals surface area contributed by atoms with E-state index in [-0.39, 0.29) is 17.8 Å². The van der Waals surface area contributed by atoms with Crippen molar-refractivity contribution in [1.82, 2.24) is 10.6 Å². The molecular weight excluding hydrogens is 508 g/mol. The molecule has 1 aromatic carbocycles. The van der Waals surface area contributed by atoms with Gasteiger partial charge in [-0.2, -0.15) is 0 Å². The predicted molar refractivity (Wildman–Crippen MR) is 161 cm³/mol. The third kappa shape index (κ3) is 13.2. The molecule has 1 aliphatic heterocycles. The van der Waals surface area contributed by atoms with Crippen LogP contribution in [0, 0.1) is 11.8 Å². The molecule has 4 unspecified atom stereocenters. The first-order chi connectivity index (χ1) is 19.2. The molecule has 9 nitrogen and oxygen atoms in total. The number of piperidine rings is 1. The SMILES string of the molecule is CCCCCC(C)C(CCC(O)CC(CCc1ccc(O)c(OC2CCNCC2)c1)OC(C)=O)CNC(N)=NC. The number of nitrogens with two attached hydrogens (primary N) is 1. The van der Waals surface area contributed by atoms with Gasteiger partial charge in [-0.15, -0.1) is 0 Å². The number of nitrogens with one attached hydrogen (secondary N) is 2. The van der Waals surface area contributed by atoms with Crippen LogP contribution in [0.5, 0.6) is 11.5 Å². The minimum Gasteiger partial charge on any atom is -0.504 e. The van der Waals surface area contributed by atoms with E-state index in [2.05, 4.69) is 29.5 Å². The number of hydrogen-bond donors (Lipinski definition) is 5. The van der Waals surface area contributed by atoms with Gasteiger partial charge in [-0.25, -0.2) is 0 Å². The van der Waals surface area contributed by atoms with Crippen LogP contribution in [0.15, 0.2) is 23.2 Å². The number of aliphatic hydroxyl groups excluding tert-OH is 1. The molecule has 1 saturated heterocycles. The topological polar surface area (TPSA) is 138 Å². The summed E-state index contributed by atoms with van der Waals surface area (Å²) < 4.78 is 11.7. The van der Waals surface area contributed by atoms with Gasteiger partial charge in [0.2, 0.25) is 0 Å². The molecule has 2 rings (SSSR count). The number of carbonyl (C=O) groups excluding carboxylic acids is 1. The van der Waals surface area contributed by atoms with Gasteiger partial charge in [0.05, 0.1) is 6.10 Å². The maximum atomic E-state index is 11.8. The fourth-order valence-electron chi connectivity index (χ4n) is 5.37. The van der Waals surface area contributed by atoms with Crippen LogP contribution < -0.4 is 21.1 Å². The van der Waals surface area contributed by atoms with Crippen molar-refractivity contribution in [2.45, 2.75) is 110 Å². The molecule has 4 atom stereocenters. The monoisotopic (exact) mass is 562 g/mol. The lowest BCUT2D eigenvalue weighted by Crippen LogP contribution is -2.37. The predicted octanol–water partition coefficient (Wildman–Crippen LogP) is 4.29. The van der Waals surface area contributed by atoms with Crippen molar-refractivity contribution in [3.63, 3.8) is 0 Å². The minimum absolute atomic E-state index is 0.0884. The molecule has 1 heterocycles. The summed E-state index contributed by atoms with van der Waals surface area (Å²) in [5.41, 5.74) is 6.87. The average Bonchev–Trinajstić information content (AvgIpc) is 2.93. The van der Waals surface area contributed by atoms with Crippen molar-refractivity contribution in [2.24, 2.45) is 22.6 Å². The number of unbranched alkanes of at least 4 members (excludes halogenated alkanes) is 2. The summed E-state index contributed by atoms with van der Waals surface area (Å²) >= 11 is 0. The minimum atomic E-state index is -0.578. The Kier molecular flexibility index (Phi) is 15.8. The van der Waals surface area contributed by atoms with Gasteiger partial charge in [-0.3, -0.25) is 9.79 Å². The van der Waals surface area contributed by atoms with E-state index >= 15 is 0 Å². The molecule has 0 aromatic heterocycles. The largest absolute Gasteiger partial charge is 0.504 e. The molecule has 0 aliphatic carbocycles. The van der Waals surface area contributed by atoms with Crippen molar-refractivity contribution in [1.29, 1.82) is 0 Å². The average molecular weight is 563 g/mol. The molecule has 40 heavy (non-hydrogen) atoms. The molecule has 0 radical (unpaired) electrons. The van der Waals surface area contributed by atoms with E-state index in [1.807, 2.05) is 12.1 Å². The number of phenolic OH excluding ortho intramolecular Hbond substituents is 1. The molecular formula is C31H54N4O5. The maximum Gasteiger partial charge on any atom is 0.302 e. The van der Waals surface area contributed by atoms with Gasteiger partial charge in [0.25, 0.3) is 0 Å². The number of rotatable bonds is 18. The third-order valence-electron chi connectivity index (χ3n) is 7.95. The van der Waals surface area contributed by atoms with Gasteiger partial charge in [0.1, 0.15) is 12.2 Å². The Morgan fingerprint density at radius 1 is 1.20 bits per heavy atom. The third-order valence-corrected chi connectivity index (χ3v) is 7.95. The number of aryl methyl sites for hydroxylation is 1. The Labute approximate surface area is 241 Å². The number of esters is 1. The van der Waals surface area contributed by atoms with E-state index < -0.39 is 12.2 Å². The number of benzene rings is 1. The quantitative estimate of drug-likeness (QED) is 0.0773. The molecule has 0 amide bonds. The van der Waals surface area contributed by atoms with Crippen molar-refractivity contribution in [3.8, 4) is 11.5 Å². The van der Waals surface area contributed by atoms with Crippen LogP contribution in [0.4, 0.5) is 0 Å². The van der Waals surface area contributed by atoms with E-state index in [1.54, 1.807) is 13.1 Å². The zero-order valence-electron chi connectivity index (χ0n) is 25.2. The standard InChI is InChI=1S/C31H54N4O5/c1-5-6-7-8-22(2)25(21-35-31(32)33-4)11-12-26(37)20-28(39-23(3)36)13-9-24-10-14-29(38)30(19-24)40-27-15-17-34-18-16-27/h10,14,19,22,25-28,34,37-38H,5-9,11-13,15-18,20-21H2,1-4H3,(H3,32,33,35). The Balaban J connectivity index is 1.93. The zero-order chi connectivity index (χ0) is 29.3. The summed E-state index contributed by atoms with van der Waals surface area (Å²) in [6.45, 7) is 8.43. The lowest BCUT2D eigenvalue weighted by molar-refractivity contribution is -0.148. The van der Waals surface area contributed by atoms with Crippen molar-refractivity contribution >= 4 is 11.9 Å². The summed E-state index contributed by atoms with van der Waals surface area (Å²) in [7, 11) is 1.67. The Morgan fingerprint density at radius 2 is 1.95 bits per heavy atom. The zero-order valence-corrected chi connectivity index (χ0v) is 25.2. The van der Waals surface area contributed by atoms with E-state index in [9.17, 15) is 15.0 Å². The lowest BCUT2D eigenvalue weighted by atomic mass is 9.84. The van der Waals surface area contributed by atoms with Gasteiger partial charge < -0.3 is 36.1 Å². The molecule has 0 spiro atoms. The number of aliphatic hydroxyl groups is 1. The van der Waals surface area contributed by atoms with Crippen LogP contribution in [-0.2, 0) is 16.0 Å². The summed E-state index contributed by atoms with van der Waals surface area (Å²) in [5.74, 6) is 1.56. The van der Waals surface area contributed by atoms with Crippen molar-refractivity contribution in [2.75, 3.05) is 26.7 Å². The highest BCUT2D eigenvalue weighted by atomic mass is 16.5. The second-order valence-electron chi connectivity index (χ2n) is 11.3. The Bertz CT molecular complexity index is 890. The summed E-state index contributed by atoms with van der Waals surface area (Å²) in [5, 5.41) is 27.8. The highest BCUT2D eigenvalue weighted by Gasteiger charge is 2.23. The van der Waals surface area contributed by atoms with E-state index in [0.29, 0.717) is 49.2 Å². The first-order valence-corrected chi connectivity index (χ1v) is 15.2. The lowest BCUT2D eigenvalue weighted by Gasteiger charge is -2.27. The van der Waals surface area contributed by atoms with Gasteiger partial charge in [0.15, 0.2) is 17.5 Å². The molecule has 1 aliphatic rings. The molecule has 0 bridgehead atoms. The van der Waals surface area contributed by atoms with Crippen molar-refractivity contribution < 1.29 is 24.5 Å². The first kappa shape index (κ1) is 33.7. The first-order valence-electron chi connectivity index (χ1n) is 15.2. The molecule has 6 N–H and O–H groups in total. The summed E-state index contributed by atoms with van der Waals surface area (Å²) in [6, 6.07) is 5.41. The van der Waals surface area contributed by atoms with Crippen LogP contribution in [0.25, 0.3) is 0 Å². The molecule has 0 saturated carbocycles. The van der Waals surface area contributed by atoms with Crippen LogP contribution in [0.1, 0.15) is 90.5 Å². The van der Waals surface area contributed by atoms with Crippen molar-refractivity contribution in [3.05, 3.63) is 23.8 Å². The molecule has 1 fully saturated rings. The number of carbonyl (C=O) groups is 1.